The Kier molecular flexibility index (Phi) is 11.8. The van der Waals surface area contributed by atoms with Crippen molar-refractivity contribution < 1.29 is 23.5 Å². The summed E-state index contributed by atoms with van der Waals surface area (Å²) in [6.07, 6.45) is 9.39. The summed E-state index contributed by atoms with van der Waals surface area (Å²) in [6.45, 7) is 25.2. The van der Waals surface area contributed by atoms with Gasteiger partial charge in [-0.05, 0) is 97.7 Å². The predicted octanol–water partition coefficient (Wildman–Crippen LogP) is 8.97. The van der Waals surface area contributed by atoms with Crippen molar-refractivity contribution in [2.24, 2.45) is 47.3 Å². The molecule has 5 nitrogen and oxygen atoms in total. The second-order valence-electron chi connectivity index (χ2n) is 16.2. The van der Waals surface area contributed by atoms with E-state index in [2.05, 4.69) is 81.5 Å². The molecule has 3 aliphatic carbocycles. The van der Waals surface area contributed by atoms with E-state index in [1.165, 1.54) is 12.8 Å². The Bertz CT molecular complexity index is 916. The van der Waals surface area contributed by atoms with Crippen LogP contribution in [-0.4, -0.2) is 39.1 Å². The Morgan fingerprint density at radius 2 is 1.29 bits per heavy atom. The molecule has 0 radical (unpaired) electrons. The zero-order chi connectivity index (χ0) is 30.7. The van der Waals surface area contributed by atoms with Gasteiger partial charge in [-0.1, -0.05) is 81.2 Å². The minimum absolute atomic E-state index is 0.0697. The number of rotatable bonds is 9. The van der Waals surface area contributed by atoms with E-state index in [0.717, 1.165) is 31.3 Å². The largest absolute Gasteiger partial charge is 0.462 e. The molecule has 0 aromatic carbocycles. The van der Waals surface area contributed by atoms with Gasteiger partial charge in [0.15, 0.2) is 8.32 Å². The van der Waals surface area contributed by atoms with Crippen molar-refractivity contribution in [1.29, 1.82) is 0 Å². The zero-order valence-electron chi connectivity index (χ0n) is 28.3. The van der Waals surface area contributed by atoms with Crippen molar-refractivity contribution >= 4 is 20.3 Å². The number of ether oxygens (including phenoxy) is 2. The van der Waals surface area contributed by atoms with Crippen molar-refractivity contribution in [2.75, 3.05) is 6.61 Å². The molecule has 6 heteroatoms. The first-order chi connectivity index (χ1) is 19.0. The molecule has 3 aliphatic rings. The first kappa shape index (κ1) is 34.3. The van der Waals surface area contributed by atoms with E-state index in [1.54, 1.807) is 0 Å². The summed E-state index contributed by atoms with van der Waals surface area (Å²) in [5.74, 6) is 1.33. The van der Waals surface area contributed by atoms with Crippen LogP contribution in [0.4, 0.5) is 0 Å². The average molecular weight is 591 g/mol. The van der Waals surface area contributed by atoms with Gasteiger partial charge < -0.3 is 13.9 Å². The Morgan fingerprint density at radius 1 is 0.829 bits per heavy atom. The van der Waals surface area contributed by atoms with Gasteiger partial charge in [0.1, 0.15) is 12.2 Å². The molecule has 8 atom stereocenters. The first-order valence-electron chi connectivity index (χ1n) is 16.7. The van der Waals surface area contributed by atoms with Crippen LogP contribution in [0.1, 0.15) is 114 Å². The van der Waals surface area contributed by atoms with E-state index < -0.39 is 20.2 Å². The van der Waals surface area contributed by atoms with E-state index in [9.17, 15) is 9.59 Å². The van der Waals surface area contributed by atoms with Crippen LogP contribution in [-0.2, 0) is 23.5 Å². The molecule has 3 rings (SSSR count). The molecular weight excluding hydrogens is 528 g/mol. The summed E-state index contributed by atoms with van der Waals surface area (Å²) in [4.78, 5) is 27.8. The third-order valence-electron chi connectivity index (χ3n) is 11.1. The van der Waals surface area contributed by atoms with Gasteiger partial charge in [0.2, 0.25) is 0 Å². The molecule has 2 saturated carbocycles. The van der Waals surface area contributed by atoms with Gasteiger partial charge in [-0.15, -0.1) is 0 Å². The van der Waals surface area contributed by atoms with Crippen LogP contribution in [0.25, 0.3) is 0 Å². The highest BCUT2D eigenvalue weighted by Gasteiger charge is 2.44. The highest BCUT2D eigenvalue weighted by Crippen LogP contribution is 2.41. The molecule has 0 spiro atoms. The van der Waals surface area contributed by atoms with E-state index in [4.69, 9.17) is 13.9 Å². The van der Waals surface area contributed by atoms with E-state index in [-0.39, 0.29) is 29.2 Å². The number of hydrogen-bond donors (Lipinski definition) is 0. The highest BCUT2D eigenvalue weighted by molar-refractivity contribution is 6.74. The van der Waals surface area contributed by atoms with Crippen molar-refractivity contribution in [2.45, 2.75) is 144 Å². The highest BCUT2D eigenvalue weighted by atomic mass is 28.4. The number of esters is 2. The molecule has 236 valence electrons. The Morgan fingerprint density at radius 3 is 1.73 bits per heavy atom. The lowest BCUT2D eigenvalue weighted by atomic mass is 9.74. The quantitative estimate of drug-likeness (QED) is 0.152. The van der Waals surface area contributed by atoms with Crippen LogP contribution < -0.4 is 0 Å². The standard InChI is InChI=1S/C35H62O5Si/c1-22(2)27-15-12-24(5)18-31(27)39-33(36)29-17-14-26(21-38-41(10,11)35(7,8)9)20-30(29)34(37)40-32-19-25(6)13-16-28(32)23(3)4/h14,22-25,27-32H,12-13,15-21H2,1-11H3/t24-,25-,27+,28+,29+,30+,31-,32-/m0/s1. The zero-order valence-corrected chi connectivity index (χ0v) is 29.3. The van der Waals surface area contributed by atoms with Crippen LogP contribution in [0.15, 0.2) is 11.6 Å². The third kappa shape index (κ3) is 8.94. The maximum Gasteiger partial charge on any atom is 0.310 e. The lowest BCUT2D eigenvalue weighted by Gasteiger charge is -2.40. The molecule has 0 unspecified atom stereocenters. The molecule has 2 fully saturated rings. The fourth-order valence-corrected chi connectivity index (χ4v) is 8.03. The molecule has 0 heterocycles. The van der Waals surface area contributed by atoms with Gasteiger partial charge in [0.25, 0.3) is 0 Å². The topological polar surface area (TPSA) is 61.8 Å². The predicted molar refractivity (Wildman–Crippen MR) is 170 cm³/mol. The summed E-state index contributed by atoms with van der Waals surface area (Å²) in [6, 6.07) is 0. The normalized spacial score (nSPS) is 33.4. The van der Waals surface area contributed by atoms with Crippen molar-refractivity contribution in [3.63, 3.8) is 0 Å². The molecule has 0 N–H and O–H groups in total. The maximum atomic E-state index is 14.0. The summed E-state index contributed by atoms with van der Waals surface area (Å²) < 4.78 is 19.2. The fourth-order valence-electron chi connectivity index (χ4n) is 7.06. The fraction of sp³-hybridized carbons (Fsp3) is 0.886. The van der Waals surface area contributed by atoms with Crippen LogP contribution in [0.5, 0.6) is 0 Å². The van der Waals surface area contributed by atoms with Gasteiger partial charge in [-0.2, -0.15) is 0 Å². The van der Waals surface area contributed by atoms with Crippen LogP contribution in [0, 0.1) is 47.3 Å². The van der Waals surface area contributed by atoms with Gasteiger partial charge in [0, 0.05) is 0 Å². The second kappa shape index (κ2) is 14.1. The maximum absolute atomic E-state index is 14.0. The first-order valence-corrected chi connectivity index (χ1v) is 19.6. The van der Waals surface area contributed by atoms with Gasteiger partial charge in [-0.3, -0.25) is 9.59 Å². The van der Waals surface area contributed by atoms with Gasteiger partial charge in [0.05, 0.1) is 18.4 Å². The molecule has 0 aromatic rings. The monoisotopic (exact) mass is 590 g/mol. The SMILES string of the molecule is CC(C)[C@H]1CC[C@H](C)C[C@@H]1OC(=O)[C@@H]1CC=C(CO[Si](C)(C)C(C)(C)C)C[C@H]1C(=O)O[C@H]1C[C@@H](C)CC[C@@H]1C(C)C. The molecular formula is C35H62O5Si. The Balaban J connectivity index is 1.81. The summed E-state index contributed by atoms with van der Waals surface area (Å²) in [5.41, 5.74) is 1.12. The summed E-state index contributed by atoms with van der Waals surface area (Å²) in [7, 11) is -1.94. The number of hydrogen-bond acceptors (Lipinski definition) is 5. The number of carbonyl (C=O) groups is 2. The summed E-state index contributed by atoms with van der Waals surface area (Å²) in [5, 5.41) is 0.112. The summed E-state index contributed by atoms with van der Waals surface area (Å²) >= 11 is 0. The smallest absolute Gasteiger partial charge is 0.310 e. The van der Waals surface area contributed by atoms with Crippen molar-refractivity contribution in [3.8, 4) is 0 Å². The molecule has 41 heavy (non-hydrogen) atoms. The van der Waals surface area contributed by atoms with Crippen LogP contribution in [0.2, 0.25) is 18.1 Å². The lowest BCUT2D eigenvalue weighted by Crippen LogP contribution is -2.44. The average Bonchev–Trinajstić information content (AvgIpc) is 2.86. The van der Waals surface area contributed by atoms with E-state index in [1.807, 2.05) is 0 Å². The minimum Gasteiger partial charge on any atom is -0.462 e. The second-order valence-corrected chi connectivity index (χ2v) is 21.0. The minimum atomic E-state index is -1.94. The van der Waals surface area contributed by atoms with Crippen LogP contribution >= 0.6 is 0 Å². The lowest BCUT2D eigenvalue weighted by molar-refractivity contribution is -0.174. The van der Waals surface area contributed by atoms with Crippen LogP contribution in [0.3, 0.4) is 0 Å². The molecule has 0 aliphatic heterocycles. The van der Waals surface area contributed by atoms with Crippen molar-refractivity contribution in [1.82, 2.24) is 0 Å². The molecule has 0 aromatic heterocycles. The van der Waals surface area contributed by atoms with Crippen molar-refractivity contribution in [3.05, 3.63) is 11.6 Å². The molecule has 0 saturated heterocycles. The third-order valence-corrected chi connectivity index (χ3v) is 15.6. The molecule has 0 amide bonds. The van der Waals surface area contributed by atoms with E-state index in [0.29, 0.717) is 55.0 Å². The van der Waals surface area contributed by atoms with Gasteiger partial charge in [-0.25, -0.2) is 0 Å². The Hall–Kier alpha value is -1.14. The molecule has 0 bridgehead atoms. The van der Waals surface area contributed by atoms with Gasteiger partial charge >= 0.3 is 11.9 Å². The van der Waals surface area contributed by atoms with E-state index >= 15 is 0 Å². The Labute approximate surface area is 253 Å². The number of allylic oxidation sites excluding steroid dienone is 1. The number of carbonyl (C=O) groups excluding carboxylic acids is 2.